The fourth-order valence-electron chi connectivity index (χ4n) is 2.39. The third-order valence-electron chi connectivity index (χ3n) is 3.64. The smallest absolute Gasteiger partial charge is 0.475 e. The summed E-state index contributed by atoms with van der Waals surface area (Å²) in [4.78, 5) is 23.2. The van der Waals surface area contributed by atoms with Crippen LogP contribution in [0.25, 0.3) is 0 Å². The molecule has 0 saturated heterocycles. The monoisotopic (exact) mass is 405 g/mol. The minimum absolute atomic E-state index is 0.0831. The summed E-state index contributed by atoms with van der Waals surface area (Å²) in [6.45, 7) is 0. The summed E-state index contributed by atoms with van der Waals surface area (Å²) in [5.74, 6) is -2.38. The van der Waals surface area contributed by atoms with Gasteiger partial charge in [-0.05, 0) is 35.7 Å². The van der Waals surface area contributed by atoms with Gasteiger partial charge in [-0.25, -0.2) is 4.79 Å². The molecule has 0 fully saturated rings. The summed E-state index contributed by atoms with van der Waals surface area (Å²) in [5, 5.41) is 30.7. The third kappa shape index (κ3) is 5.70. The van der Waals surface area contributed by atoms with Gasteiger partial charge in [0.1, 0.15) is 0 Å². The van der Waals surface area contributed by atoms with E-state index in [-0.39, 0.29) is 24.3 Å². The third-order valence-corrected chi connectivity index (χ3v) is 4.42. The van der Waals surface area contributed by atoms with Gasteiger partial charge in [0, 0.05) is 4.47 Å². The number of carboxylic acids is 1. The highest BCUT2D eigenvalue weighted by molar-refractivity contribution is 9.10. The van der Waals surface area contributed by atoms with Crippen molar-refractivity contribution in [2.24, 2.45) is 0 Å². The first-order valence-corrected chi connectivity index (χ1v) is 8.37. The summed E-state index contributed by atoms with van der Waals surface area (Å²) in [6.07, 6.45) is 0.181. The SMILES string of the molecule is O=C(Cc1ccccc1Br)N[C@@H](Cc1cccc(C(=O)O)c1)B(O)O. The van der Waals surface area contributed by atoms with Crippen LogP contribution in [-0.2, 0) is 17.6 Å². The van der Waals surface area contributed by atoms with E-state index < -0.39 is 19.0 Å². The molecule has 1 amide bonds. The lowest BCUT2D eigenvalue weighted by atomic mass is 9.75. The minimum atomic E-state index is -1.77. The second-order valence-electron chi connectivity index (χ2n) is 5.57. The highest BCUT2D eigenvalue weighted by atomic mass is 79.9. The Morgan fingerprint density at radius 3 is 2.48 bits per heavy atom. The molecule has 25 heavy (non-hydrogen) atoms. The van der Waals surface area contributed by atoms with Crippen LogP contribution < -0.4 is 5.32 Å². The largest absolute Gasteiger partial charge is 0.478 e. The molecule has 8 heteroatoms. The highest BCUT2D eigenvalue weighted by Crippen LogP contribution is 2.16. The average molecular weight is 406 g/mol. The van der Waals surface area contributed by atoms with Crippen LogP contribution in [0.2, 0.25) is 0 Å². The van der Waals surface area contributed by atoms with Crippen LogP contribution in [0.15, 0.2) is 53.0 Å². The Labute approximate surface area is 153 Å². The van der Waals surface area contributed by atoms with E-state index in [1.807, 2.05) is 18.2 Å². The summed E-state index contributed by atoms with van der Waals surface area (Å²) in [6, 6.07) is 13.4. The van der Waals surface area contributed by atoms with Crippen molar-refractivity contribution in [2.75, 3.05) is 0 Å². The van der Waals surface area contributed by atoms with Gasteiger partial charge in [-0.3, -0.25) is 4.79 Å². The van der Waals surface area contributed by atoms with Crippen LogP contribution in [-0.4, -0.2) is 40.1 Å². The van der Waals surface area contributed by atoms with Crippen molar-refractivity contribution in [3.8, 4) is 0 Å². The van der Waals surface area contributed by atoms with E-state index in [9.17, 15) is 19.6 Å². The first-order chi connectivity index (χ1) is 11.9. The Balaban J connectivity index is 2.05. The molecule has 1 atom stereocenters. The fraction of sp³-hybridized carbons (Fsp3) is 0.176. The van der Waals surface area contributed by atoms with Gasteiger partial charge < -0.3 is 20.5 Å². The zero-order valence-corrected chi connectivity index (χ0v) is 14.8. The number of hydrogen-bond acceptors (Lipinski definition) is 4. The van der Waals surface area contributed by atoms with Gasteiger partial charge >= 0.3 is 13.1 Å². The lowest BCUT2D eigenvalue weighted by molar-refractivity contribution is -0.120. The standard InChI is InChI=1S/C17H17BBrNO5/c19-14-7-2-1-5-12(14)10-16(21)20-15(18(24)25)9-11-4-3-6-13(8-11)17(22)23/h1-8,15,24-25H,9-10H2,(H,20,21)(H,22,23)/t15-/m0/s1. The van der Waals surface area contributed by atoms with Crippen molar-refractivity contribution >= 4 is 34.9 Å². The van der Waals surface area contributed by atoms with Crippen LogP contribution in [0.4, 0.5) is 0 Å². The van der Waals surface area contributed by atoms with Crippen molar-refractivity contribution in [3.05, 3.63) is 69.7 Å². The van der Waals surface area contributed by atoms with E-state index in [2.05, 4.69) is 21.2 Å². The number of carbonyl (C=O) groups is 2. The number of carbonyl (C=O) groups excluding carboxylic acids is 1. The number of benzene rings is 2. The molecule has 0 bridgehead atoms. The molecule has 0 spiro atoms. The van der Waals surface area contributed by atoms with E-state index in [0.29, 0.717) is 5.56 Å². The van der Waals surface area contributed by atoms with Gasteiger partial charge in [0.25, 0.3) is 0 Å². The van der Waals surface area contributed by atoms with Gasteiger partial charge in [-0.1, -0.05) is 46.3 Å². The Hall–Kier alpha value is -2.16. The lowest BCUT2D eigenvalue weighted by Gasteiger charge is -2.18. The second-order valence-corrected chi connectivity index (χ2v) is 6.42. The molecule has 4 N–H and O–H groups in total. The molecule has 0 aromatic heterocycles. The summed E-state index contributed by atoms with van der Waals surface area (Å²) < 4.78 is 0.792. The van der Waals surface area contributed by atoms with Crippen molar-refractivity contribution in [3.63, 3.8) is 0 Å². The predicted octanol–water partition coefficient (Wildman–Crippen LogP) is 1.43. The number of nitrogens with one attached hydrogen (secondary N) is 1. The number of hydrogen-bond donors (Lipinski definition) is 4. The van der Waals surface area contributed by atoms with E-state index in [0.717, 1.165) is 10.0 Å². The van der Waals surface area contributed by atoms with Crippen LogP contribution in [0.1, 0.15) is 21.5 Å². The lowest BCUT2D eigenvalue weighted by Crippen LogP contribution is -2.48. The van der Waals surface area contributed by atoms with Crippen molar-refractivity contribution in [2.45, 2.75) is 18.8 Å². The predicted molar refractivity (Wildman–Crippen MR) is 97.1 cm³/mol. The zero-order valence-electron chi connectivity index (χ0n) is 13.2. The number of carboxylic acid groups (broad SMARTS) is 1. The normalized spacial score (nSPS) is 11.6. The maximum Gasteiger partial charge on any atom is 0.475 e. The Morgan fingerprint density at radius 1 is 1.12 bits per heavy atom. The maximum absolute atomic E-state index is 12.2. The first-order valence-electron chi connectivity index (χ1n) is 7.58. The van der Waals surface area contributed by atoms with Crippen molar-refractivity contribution < 1.29 is 24.7 Å². The Bertz CT molecular complexity index is 768. The number of rotatable bonds is 7. The number of amides is 1. The molecular formula is C17H17BBrNO5. The molecule has 0 aliphatic carbocycles. The molecule has 0 aliphatic heterocycles. The maximum atomic E-state index is 12.2. The fourth-order valence-corrected chi connectivity index (χ4v) is 2.81. The van der Waals surface area contributed by atoms with Gasteiger partial charge in [0.2, 0.25) is 5.91 Å². The Kier molecular flexibility index (Phi) is 6.75. The van der Waals surface area contributed by atoms with Gasteiger partial charge in [-0.15, -0.1) is 0 Å². The minimum Gasteiger partial charge on any atom is -0.478 e. The first kappa shape index (κ1) is 19.2. The molecule has 0 heterocycles. The summed E-state index contributed by atoms with van der Waals surface area (Å²) >= 11 is 3.36. The molecule has 0 aliphatic rings. The van der Waals surface area contributed by atoms with Gasteiger partial charge in [0.15, 0.2) is 0 Å². The average Bonchev–Trinajstić information content (AvgIpc) is 2.56. The number of halogens is 1. The molecule has 130 valence electrons. The highest BCUT2D eigenvalue weighted by Gasteiger charge is 2.26. The van der Waals surface area contributed by atoms with E-state index >= 15 is 0 Å². The van der Waals surface area contributed by atoms with Crippen molar-refractivity contribution in [1.29, 1.82) is 0 Å². The number of aromatic carboxylic acids is 1. The van der Waals surface area contributed by atoms with Gasteiger partial charge in [-0.2, -0.15) is 0 Å². The molecule has 2 aromatic carbocycles. The van der Waals surface area contributed by atoms with Crippen molar-refractivity contribution in [1.82, 2.24) is 5.32 Å². The molecule has 0 unspecified atom stereocenters. The van der Waals surface area contributed by atoms with Crippen LogP contribution in [0.5, 0.6) is 0 Å². The summed E-state index contributed by atoms with van der Waals surface area (Å²) in [5.41, 5.74) is 1.46. The van der Waals surface area contributed by atoms with Crippen LogP contribution in [0.3, 0.4) is 0 Å². The molecular weight excluding hydrogens is 389 g/mol. The quantitative estimate of drug-likeness (QED) is 0.521. The van der Waals surface area contributed by atoms with Crippen LogP contribution >= 0.6 is 15.9 Å². The molecule has 6 nitrogen and oxygen atoms in total. The summed E-state index contributed by atoms with van der Waals surface area (Å²) in [7, 11) is -1.77. The molecule has 0 radical (unpaired) electrons. The van der Waals surface area contributed by atoms with E-state index in [4.69, 9.17) is 5.11 Å². The Morgan fingerprint density at radius 2 is 1.84 bits per heavy atom. The van der Waals surface area contributed by atoms with E-state index in [1.165, 1.54) is 12.1 Å². The van der Waals surface area contributed by atoms with Crippen LogP contribution in [0, 0.1) is 0 Å². The topological polar surface area (TPSA) is 107 Å². The molecule has 0 saturated carbocycles. The molecule has 2 aromatic rings. The van der Waals surface area contributed by atoms with E-state index in [1.54, 1.807) is 18.2 Å². The second kappa shape index (κ2) is 8.80. The zero-order chi connectivity index (χ0) is 18.4. The molecule has 2 rings (SSSR count). The van der Waals surface area contributed by atoms with Gasteiger partial charge in [0.05, 0.1) is 17.9 Å².